The van der Waals surface area contributed by atoms with Crippen molar-refractivity contribution in [1.29, 1.82) is 0 Å². The van der Waals surface area contributed by atoms with E-state index in [-0.39, 0.29) is 11.8 Å². The van der Waals surface area contributed by atoms with Crippen LogP contribution in [0, 0.1) is 5.92 Å². The lowest BCUT2D eigenvalue weighted by atomic mass is 10.0. The summed E-state index contributed by atoms with van der Waals surface area (Å²) >= 11 is 0. The quantitative estimate of drug-likeness (QED) is 0.873. The number of nitrogens with one attached hydrogen (secondary N) is 1. The second-order valence-corrected chi connectivity index (χ2v) is 5.65. The predicted molar refractivity (Wildman–Crippen MR) is 83.6 cm³/mol. The van der Waals surface area contributed by atoms with Gasteiger partial charge in [-0.3, -0.25) is 4.79 Å². The summed E-state index contributed by atoms with van der Waals surface area (Å²) in [5, 5.41) is 2.82. The van der Waals surface area contributed by atoms with Gasteiger partial charge in [-0.2, -0.15) is 13.2 Å². The van der Waals surface area contributed by atoms with Gasteiger partial charge >= 0.3 is 6.18 Å². The van der Waals surface area contributed by atoms with E-state index in [0.29, 0.717) is 12.1 Å². The standard InChI is InChI=1S/C18H18F3NO/c1-12(2)17(23)22-11-13-4-3-5-15(10-13)14-6-8-16(9-7-14)18(19,20)21/h3-10,12H,11H2,1-2H3,(H,22,23). The molecule has 0 fully saturated rings. The zero-order valence-electron chi connectivity index (χ0n) is 12.9. The summed E-state index contributed by atoms with van der Waals surface area (Å²) in [5.74, 6) is -0.127. The number of hydrogen-bond donors (Lipinski definition) is 1. The first-order valence-corrected chi connectivity index (χ1v) is 7.31. The van der Waals surface area contributed by atoms with Crippen molar-refractivity contribution >= 4 is 5.91 Å². The fraction of sp³-hybridized carbons (Fsp3) is 0.278. The SMILES string of the molecule is CC(C)C(=O)NCc1cccc(-c2ccc(C(F)(F)F)cc2)c1. The first-order chi connectivity index (χ1) is 10.8. The van der Waals surface area contributed by atoms with E-state index in [0.717, 1.165) is 23.3 Å². The van der Waals surface area contributed by atoms with Gasteiger partial charge in [0, 0.05) is 12.5 Å². The Morgan fingerprint density at radius 2 is 1.70 bits per heavy atom. The van der Waals surface area contributed by atoms with E-state index in [4.69, 9.17) is 0 Å². The lowest BCUT2D eigenvalue weighted by Crippen LogP contribution is -2.27. The highest BCUT2D eigenvalue weighted by molar-refractivity contribution is 5.77. The molecule has 5 heteroatoms. The minimum atomic E-state index is -4.33. The van der Waals surface area contributed by atoms with Gasteiger partial charge in [0.25, 0.3) is 0 Å². The largest absolute Gasteiger partial charge is 0.416 e. The molecule has 0 aliphatic rings. The molecule has 2 nitrogen and oxygen atoms in total. The molecule has 0 heterocycles. The maximum Gasteiger partial charge on any atom is 0.416 e. The van der Waals surface area contributed by atoms with E-state index in [1.165, 1.54) is 12.1 Å². The molecule has 2 aromatic rings. The number of hydrogen-bond acceptors (Lipinski definition) is 1. The molecule has 1 amide bonds. The molecule has 2 aromatic carbocycles. The van der Waals surface area contributed by atoms with Crippen molar-refractivity contribution < 1.29 is 18.0 Å². The Hall–Kier alpha value is -2.30. The van der Waals surface area contributed by atoms with Gasteiger partial charge in [0.2, 0.25) is 5.91 Å². The molecule has 2 rings (SSSR count). The molecule has 0 unspecified atom stereocenters. The van der Waals surface area contributed by atoms with E-state index in [1.54, 1.807) is 0 Å². The van der Waals surface area contributed by atoms with Crippen LogP contribution in [0.5, 0.6) is 0 Å². The third-order valence-electron chi connectivity index (χ3n) is 3.46. The number of halogens is 3. The number of benzene rings is 2. The molecule has 0 aliphatic carbocycles. The maximum absolute atomic E-state index is 12.6. The zero-order valence-corrected chi connectivity index (χ0v) is 12.9. The Labute approximate surface area is 133 Å². The lowest BCUT2D eigenvalue weighted by molar-refractivity contribution is -0.137. The number of rotatable bonds is 4. The van der Waals surface area contributed by atoms with Gasteiger partial charge in [-0.1, -0.05) is 44.2 Å². The summed E-state index contributed by atoms with van der Waals surface area (Å²) in [6.07, 6.45) is -4.33. The van der Waals surface area contributed by atoms with E-state index >= 15 is 0 Å². The summed E-state index contributed by atoms with van der Waals surface area (Å²) in [6, 6.07) is 12.4. The average molecular weight is 321 g/mol. The van der Waals surface area contributed by atoms with Gasteiger partial charge in [0.1, 0.15) is 0 Å². The number of amides is 1. The molecular weight excluding hydrogens is 303 g/mol. The number of carbonyl (C=O) groups is 1. The van der Waals surface area contributed by atoms with Crippen molar-refractivity contribution in [3.05, 3.63) is 59.7 Å². The van der Waals surface area contributed by atoms with Crippen LogP contribution < -0.4 is 5.32 Å². The highest BCUT2D eigenvalue weighted by Crippen LogP contribution is 2.31. The lowest BCUT2D eigenvalue weighted by Gasteiger charge is -2.10. The third kappa shape index (κ3) is 4.58. The van der Waals surface area contributed by atoms with Crippen LogP contribution in [0.3, 0.4) is 0 Å². The van der Waals surface area contributed by atoms with Crippen LogP contribution in [-0.4, -0.2) is 5.91 Å². The normalized spacial score (nSPS) is 11.6. The van der Waals surface area contributed by atoms with Gasteiger partial charge in [-0.05, 0) is 34.9 Å². The van der Waals surface area contributed by atoms with Gasteiger partial charge in [-0.15, -0.1) is 0 Å². The predicted octanol–water partition coefficient (Wildman–Crippen LogP) is 4.64. The molecule has 23 heavy (non-hydrogen) atoms. The molecular formula is C18H18F3NO. The van der Waals surface area contributed by atoms with Crippen molar-refractivity contribution in [2.75, 3.05) is 0 Å². The summed E-state index contributed by atoms with van der Waals surface area (Å²) in [6.45, 7) is 4.02. The first-order valence-electron chi connectivity index (χ1n) is 7.31. The molecule has 0 radical (unpaired) electrons. The van der Waals surface area contributed by atoms with Crippen LogP contribution in [0.4, 0.5) is 13.2 Å². The van der Waals surface area contributed by atoms with E-state index in [1.807, 2.05) is 38.1 Å². The zero-order chi connectivity index (χ0) is 17.0. The Morgan fingerprint density at radius 3 is 2.26 bits per heavy atom. The Bertz CT molecular complexity index is 675. The van der Waals surface area contributed by atoms with Gasteiger partial charge in [-0.25, -0.2) is 0 Å². The summed E-state index contributed by atoms with van der Waals surface area (Å²) in [7, 11) is 0. The van der Waals surface area contributed by atoms with Crippen LogP contribution in [-0.2, 0) is 17.5 Å². The third-order valence-corrected chi connectivity index (χ3v) is 3.46. The van der Waals surface area contributed by atoms with E-state index < -0.39 is 11.7 Å². The number of alkyl halides is 3. The van der Waals surface area contributed by atoms with Crippen LogP contribution in [0.15, 0.2) is 48.5 Å². The average Bonchev–Trinajstić information content (AvgIpc) is 2.52. The van der Waals surface area contributed by atoms with Crippen molar-refractivity contribution in [1.82, 2.24) is 5.32 Å². The second kappa shape index (κ2) is 6.86. The summed E-state index contributed by atoms with van der Waals surface area (Å²) in [5.41, 5.74) is 1.75. The molecule has 0 aliphatic heterocycles. The molecule has 0 spiro atoms. The molecule has 0 saturated carbocycles. The van der Waals surface area contributed by atoms with Crippen molar-refractivity contribution in [3.63, 3.8) is 0 Å². The van der Waals surface area contributed by atoms with Crippen LogP contribution in [0.25, 0.3) is 11.1 Å². The van der Waals surface area contributed by atoms with Crippen molar-refractivity contribution in [2.24, 2.45) is 5.92 Å². The molecule has 0 bridgehead atoms. The first kappa shape index (κ1) is 17.1. The smallest absolute Gasteiger partial charge is 0.352 e. The number of carbonyl (C=O) groups excluding carboxylic acids is 1. The fourth-order valence-corrected chi connectivity index (χ4v) is 2.11. The maximum atomic E-state index is 12.6. The van der Waals surface area contributed by atoms with Gasteiger partial charge in [0.05, 0.1) is 5.56 Å². The minimum absolute atomic E-state index is 0.0371. The van der Waals surface area contributed by atoms with Crippen LogP contribution in [0.2, 0.25) is 0 Å². The topological polar surface area (TPSA) is 29.1 Å². The highest BCUT2D eigenvalue weighted by Gasteiger charge is 2.29. The minimum Gasteiger partial charge on any atom is -0.352 e. The monoisotopic (exact) mass is 321 g/mol. The van der Waals surface area contributed by atoms with Crippen molar-refractivity contribution in [2.45, 2.75) is 26.6 Å². The molecule has 0 atom stereocenters. The Kier molecular flexibility index (Phi) is 5.08. The van der Waals surface area contributed by atoms with E-state index in [9.17, 15) is 18.0 Å². The molecule has 122 valence electrons. The summed E-state index contributed by atoms with van der Waals surface area (Å²) < 4.78 is 37.8. The Balaban J connectivity index is 2.15. The Morgan fingerprint density at radius 1 is 1.04 bits per heavy atom. The van der Waals surface area contributed by atoms with Gasteiger partial charge in [0.15, 0.2) is 0 Å². The van der Waals surface area contributed by atoms with Gasteiger partial charge < -0.3 is 5.32 Å². The van der Waals surface area contributed by atoms with Crippen LogP contribution >= 0.6 is 0 Å². The molecule has 0 aromatic heterocycles. The van der Waals surface area contributed by atoms with Crippen molar-refractivity contribution in [3.8, 4) is 11.1 Å². The summed E-state index contributed by atoms with van der Waals surface area (Å²) in [4.78, 5) is 11.6. The second-order valence-electron chi connectivity index (χ2n) is 5.65. The molecule has 0 saturated heterocycles. The van der Waals surface area contributed by atoms with E-state index in [2.05, 4.69) is 5.32 Å². The fourth-order valence-electron chi connectivity index (χ4n) is 2.11. The van der Waals surface area contributed by atoms with Crippen LogP contribution in [0.1, 0.15) is 25.0 Å². The molecule has 1 N–H and O–H groups in total. The highest BCUT2D eigenvalue weighted by atomic mass is 19.4.